The lowest BCUT2D eigenvalue weighted by Gasteiger charge is -2.15. The molecule has 0 amide bonds. The third-order valence-corrected chi connectivity index (χ3v) is 4.07. The summed E-state index contributed by atoms with van der Waals surface area (Å²) in [5.41, 5.74) is 1.02. The van der Waals surface area contributed by atoms with Gasteiger partial charge in [0.2, 0.25) is 0 Å². The van der Waals surface area contributed by atoms with Crippen molar-refractivity contribution in [2.24, 2.45) is 0 Å². The SMILES string of the molecule is CCOC(=O)c1nc(N(C)c2ccccc2)sc1C(C)=O. The predicted molar refractivity (Wildman–Crippen MR) is 82.6 cm³/mol. The van der Waals surface area contributed by atoms with E-state index in [1.54, 1.807) is 6.92 Å². The number of esters is 1. The Morgan fingerprint density at radius 3 is 2.52 bits per heavy atom. The van der Waals surface area contributed by atoms with Crippen LogP contribution < -0.4 is 4.90 Å². The van der Waals surface area contributed by atoms with Gasteiger partial charge in [-0.05, 0) is 19.1 Å². The highest BCUT2D eigenvalue weighted by molar-refractivity contribution is 7.17. The van der Waals surface area contributed by atoms with Crippen molar-refractivity contribution in [3.05, 3.63) is 40.9 Å². The van der Waals surface area contributed by atoms with Crippen LogP contribution in [0.15, 0.2) is 30.3 Å². The quantitative estimate of drug-likeness (QED) is 0.626. The molecule has 1 aromatic heterocycles. The van der Waals surface area contributed by atoms with Crippen molar-refractivity contribution in [1.29, 1.82) is 0 Å². The molecule has 0 aliphatic carbocycles. The molecular weight excluding hydrogens is 288 g/mol. The van der Waals surface area contributed by atoms with Gasteiger partial charge in [-0.25, -0.2) is 9.78 Å². The third kappa shape index (κ3) is 3.28. The van der Waals surface area contributed by atoms with E-state index in [-0.39, 0.29) is 18.1 Å². The van der Waals surface area contributed by atoms with Gasteiger partial charge in [0, 0.05) is 19.7 Å². The molecule has 0 atom stereocenters. The number of nitrogens with zero attached hydrogens (tertiary/aromatic N) is 2. The van der Waals surface area contributed by atoms with Crippen LogP contribution in [0.1, 0.15) is 34.0 Å². The molecular formula is C15H16N2O3S. The molecule has 0 saturated heterocycles. The second kappa shape index (κ2) is 6.49. The Hall–Kier alpha value is -2.21. The Morgan fingerprint density at radius 1 is 1.29 bits per heavy atom. The molecule has 0 bridgehead atoms. The van der Waals surface area contributed by atoms with E-state index in [4.69, 9.17) is 4.74 Å². The molecule has 0 radical (unpaired) electrons. The molecule has 110 valence electrons. The maximum atomic E-state index is 11.9. The summed E-state index contributed by atoms with van der Waals surface area (Å²) in [6.45, 7) is 3.38. The van der Waals surface area contributed by atoms with Crippen molar-refractivity contribution in [1.82, 2.24) is 4.98 Å². The normalized spacial score (nSPS) is 10.2. The van der Waals surface area contributed by atoms with Crippen molar-refractivity contribution >= 4 is 33.9 Å². The fourth-order valence-electron chi connectivity index (χ4n) is 1.79. The number of Topliss-reactive ketones (excluding diaryl/α,β-unsaturated/α-hetero) is 1. The number of aromatic nitrogens is 1. The minimum absolute atomic E-state index is 0.0899. The molecule has 0 spiro atoms. The lowest BCUT2D eigenvalue weighted by atomic mass is 10.3. The predicted octanol–water partition coefficient (Wildman–Crippen LogP) is 3.29. The summed E-state index contributed by atoms with van der Waals surface area (Å²) in [7, 11) is 1.84. The standard InChI is InChI=1S/C15H16N2O3S/c1-4-20-14(19)12-13(10(2)18)21-15(16-12)17(3)11-8-6-5-7-9-11/h5-9H,4H2,1-3H3. The van der Waals surface area contributed by atoms with Gasteiger partial charge in [-0.2, -0.15) is 0 Å². The van der Waals surface area contributed by atoms with E-state index >= 15 is 0 Å². The number of para-hydroxylation sites is 1. The topological polar surface area (TPSA) is 59.5 Å². The van der Waals surface area contributed by atoms with Gasteiger partial charge < -0.3 is 9.64 Å². The lowest BCUT2D eigenvalue weighted by Crippen LogP contribution is -2.11. The number of ketones is 1. The first-order chi connectivity index (χ1) is 10.0. The van der Waals surface area contributed by atoms with Crippen molar-refractivity contribution < 1.29 is 14.3 Å². The van der Waals surface area contributed by atoms with Gasteiger partial charge in [0.05, 0.1) is 6.61 Å². The van der Waals surface area contributed by atoms with E-state index in [9.17, 15) is 9.59 Å². The van der Waals surface area contributed by atoms with Crippen LogP contribution in [0.5, 0.6) is 0 Å². The molecule has 0 aliphatic rings. The summed E-state index contributed by atoms with van der Waals surface area (Å²) in [6, 6.07) is 9.61. The summed E-state index contributed by atoms with van der Waals surface area (Å²) in [6.07, 6.45) is 0. The molecule has 2 rings (SSSR count). The van der Waals surface area contributed by atoms with Crippen molar-refractivity contribution in [2.75, 3.05) is 18.6 Å². The number of anilines is 2. The first kappa shape index (κ1) is 15.2. The molecule has 0 saturated carbocycles. The van der Waals surface area contributed by atoms with Crippen LogP contribution in [0.4, 0.5) is 10.8 Å². The van der Waals surface area contributed by atoms with E-state index in [1.165, 1.54) is 18.3 Å². The lowest BCUT2D eigenvalue weighted by molar-refractivity contribution is 0.0517. The summed E-state index contributed by atoms with van der Waals surface area (Å²) >= 11 is 1.19. The zero-order chi connectivity index (χ0) is 15.4. The van der Waals surface area contributed by atoms with E-state index in [0.717, 1.165) is 5.69 Å². The highest BCUT2D eigenvalue weighted by Gasteiger charge is 2.23. The van der Waals surface area contributed by atoms with Crippen molar-refractivity contribution in [3.63, 3.8) is 0 Å². The van der Waals surface area contributed by atoms with Gasteiger partial charge in [-0.1, -0.05) is 29.5 Å². The minimum Gasteiger partial charge on any atom is -0.461 e. The molecule has 2 aromatic rings. The highest BCUT2D eigenvalue weighted by Crippen LogP contribution is 2.31. The number of hydrogen-bond acceptors (Lipinski definition) is 6. The molecule has 1 aromatic carbocycles. The van der Waals surface area contributed by atoms with Crippen molar-refractivity contribution in [3.8, 4) is 0 Å². The summed E-state index contributed by atoms with van der Waals surface area (Å²) in [5, 5.41) is 0.578. The Balaban J connectivity index is 2.40. The number of carbonyl (C=O) groups is 2. The van der Waals surface area contributed by atoms with Crippen LogP contribution in [0, 0.1) is 0 Å². The Labute approximate surface area is 127 Å². The fourth-order valence-corrected chi connectivity index (χ4v) is 2.72. The molecule has 0 aliphatic heterocycles. The van der Waals surface area contributed by atoms with Gasteiger partial charge in [-0.3, -0.25) is 4.79 Å². The molecule has 5 nitrogen and oxygen atoms in total. The average molecular weight is 304 g/mol. The van der Waals surface area contributed by atoms with Crippen molar-refractivity contribution in [2.45, 2.75) is 13.8 Å². The van der Waals surface area contributed by atoms with Crippen LogP contribution >= 0.6 is 11.3 Å². The number of benzene rings is 1. The number of hydrogen-bond donors (Lipinski definition) is 0. The Bertz CT molecular complexity index is 652. The summed E-state index contributed by atoms with van der Waals surface area (Å²) in [4.78, 5) is 30.0. The van der Waals surface area contributed by atoms with E-state index in [0.29, 0.717) is 10.0 Å². The van der Waals surface area contributed by atoms with Gasteiger partial charge in [-0.15, -0.1) is 0 Å². The summed E-state index contributed by atoms with van der Waals surface area (Å²) in [5.74, 6) is -0.755. The van der Waals surface area contributed by atoms with Crippen LogP contribution in [0.3, 0.4) is 0 Å². The monoisotopic (exact) mass is 304 g/mol. The van der Waals surface area contributed by atoms with Crippen LogP contribution in [-0.2, 0) is 4.74 Å². The van der Waals surface area contributed by atoms with Gasteiger partial charge >= 0.3 is 5.97 Å². The van der Waals surface area contributed by atoms with Crippen LogP contribution in [0.25, 0.3) is 0 Å². The van der Waals surface area contributed by atoms with Crippen LogP contribution in [-0.4, -0.2) is 30.4 Å². The maximum absolute atomic E-state index is 11.9. The second-order valence-corrected chi connectivity index (χ2v) is 5.32. The fraction of sp³-hybridized carbons (Fsp3) is 0.267. The maximum Gasteiger partial charge on any atom is 0.358 e. The Kier molecular flexibility index (Phi) is 4.70. The van der Waals surface area contributed by atoms with Gasteiger partial charge in [0.15, 0.2) is 16.6 Å². The zero-order valence-corrected chi connectivity index (χ0v) is 12.9. The highest BCUT2D eigenvalue weighted by atomic mass is 32.1. The number of rotatable bonds is 5. The molecule has 21 heavy (non-hydrogen) atoms. The number of carbonyl (C=O) groups excluding carboxylic acids is 2. The average Bonchev–Trinajstić information content (AvgIpc) is 2.93. The van der Waals surface area contributed by atoms with E-state index in [1.807, 2.05) is 42.3 Å². The van der Waals surface area contributed by atoms with Crippen LogP contribution in [0.2, 0.25) is 0 Å². The van der Waals surface area contributed by atoms with Gasteiger partial charge in [0.1, 0.15) is 4.88 Å². The number of thiazole rings is 1. The molecule has 0 N–H and O–H groups in total. The smallest absolute Gasteiger partial charge is 0.358 e. The number of ether oxygens (including phenoxy) is 1. The molecule has 1 heterocycles. The Morgan fingerprint density at radius 2 is 1.95 bits per heavy atom. The third-order valence-electron chi connectivity index (χ3n) is 2.83. The zero-order valence-electron chi connectivity index (χ0n) is 12.1. The van der Waals surface area contributed by atoms with Gasteiger partial charge in [0.25, 0.3) is 0 Å². The van der Waals surface area contributed by atoms with E-state index in [2.05, 4.69) is 4.98 Å². The first-order valence-electron chi connectivity index (χ1n) is 6.52. The largest absolute Gasteiger partial charge is 0.461 e. The molecule has 0 unspecified atom stereocenters. The molecule has 6 heteroatoms. The summed E-state index contributed by atoms with van der Waals surface area (Å²) < 4.78 is 4.95. The second-order valence-electron chi connectivity index (χ2n) is 4.35. The minimum atomic E-state index is -0.563. The van der Waals surface area contributed by atoms with E-state index < -0.39 is 5.97 Å². The molecule has 0 fully saturated rings. The first-order valence-corrected chi connectivity index (χ1v) is 7.34.